The first-order chi connectivity index (χ1) is 6.57. The summed E-state index contributed by atoms with van der Waals surface area (Å²) in [5.41, 5.74) is 5.41. The Morgan fingerprint density at radius 1 is 1.71 bits per heavy atom. The number of nitrogens with one attached hydrogen (secondary N) is 1. The molecule has 1 fully saturated rings. The number of ether oxygens (including phenoxy) is 1. The Hall–Kier alpha value is -0.610. The van der Waals surface area contributed by atoms with Crippen LogP contribution in [-0.4, -0.2) is 30.7 Å². The number of rotatable bonds is 4. The lowest BCUT2D eigenvalue weighted by atomic mass is 10.0. The first-order valence-electron chi connectivity index (χ1n) is 5.24. The van der Waals surface area contributed by atoms with E-state index in [4.69, 9.17) is 10.5 Å². The SMILES string of the molecule is CC[C@@H](N)C(=O)NCC1(C)CCCO1. The Labute approximate surface area is 85.2 Å². The molecular formula is C10H20N2O2. The molecule has 1 aliphatic rings. The number of carbonyl (C=O) groups is 1. The number of carbonyl (C=O) groups excluding carboxylic acids is 1. The molecule has 14 heavy (non-hydrogen) atoms. The zero-order valence-electron chi connectivity index (χ0n) is 9.01. The molecule has 1 heterocycles. The van der Waals surface area contributed by atoms with Crippen LogP contribution in [0.4, 0.5) is 0 Å². The van der Waals surface area contributed by atoms with Crippen molar-refractivity contribution in [2.75, 3.05) is 13.2 Å². The summed E-state index contributed by atoms with van der Waals surface area (Å²) in [6.07, 6.45) is 2.75. The Balaban J connectivity index is 2.29. The molecule has 0 aromatic rings. The van der Waals surface area contributed by atoms with Gasteiger partial charge in [-0.1, -0.05) is 6.92 Å². The first-order valence-corrected chi connectivity index (χ1v) is 5.24. The zero-order valence-corrected chi connectivity index (χ0v) is 9.01. The van der Waals surface area contributed by atoms with Crippen LogP contribution >= 0.6 is 0 Å². The van der Waals surface area contributed by atoms with Crippen LogP contribution in [0.1, 0.15) is 33.1 Å². The summed E-state index contributed by atoms with van der Waals surface area (Å²) in [6.45, 7) is 5.29. The molecule has 1 rings (SSSR count). The summed E-state index contributed by atoms with van der Waals surface area (Å²) in [5, 5.41) is 2.83. The molecule has 0 radical (unpaired) electrons. The van der Waals surface area contributed by atoms with Crippen molar-refractivity contribution >= 4 is 5.91 Å². The van der Waals surface area contributed by atoms with Crippen molar-refractivity contribution in [3.63, 3.8) is 0 Å². The van der Waals surface area contributed by atoms with Crippen LogP contribution < -0.4 is 11.1 Å². The monoisotopic (exact) mass is 200 g/mol. The summed E-state index contributed by atoms with van der Waals surface area (Å²) in [7, 11) is 0. The van der Waals surface area contributed by atoms with Crippen LogP contribution in [0.15, 0.2) is 0 Å². The normalized spacial score (nSPS) is 28.8. The number of nitrogens with two attached hydrogens (primary N) is 1. The topological polar surface area (TPSA) is 64.4 Å². The molecule has 2 atom stereocenters. The molecule has 4 heteroatoms. The second-order valence-corrected chi connectivity index (χ2v) is 4.13. The van der Waals surface area contributed by atoms with Gasteiger partial charge in [0.05, 0.1) is 11.6 Å². The summed E-state index contributed by atoms with van der Waals surface area (Å²) in [6, 6.07) is -0.389. The second-order valence-electron chi connectivity index (χ2n) is 4.13. The van der Waals surface area contributed by atoms with Crippen molar-refractivity contribution in [1.82, 2.24) is 5.32 Å². The molecule has 0 spiro atoms. The quantitative estimate of drug-likeness (QED) is 0.691. The number of amides is 1. The van der Waals surface area contributed by atoms with Gasteiger partial charge in [0.2, 0.25) is 5.91 Å². The van der Waals surface area contributed by atoms with Crippen LogP contribution in [0.5, 0.6) is 0 Å². The third kappa shape index (κ3) is 2.96. The van der Waals surface area contributed by atoms with Gasteiger partial charge in [-0.05, 0) is 26.2 Å². The van der Waals surface area contributed by atoms with E-state index in [1.54, 1.807) is 0 Å². The van der Waals surface area contributed by atoms with E-state index >= 15 is 0 Å². The molecule has 1 saturated heterocycles. The van der Waals surface area contributed by atoms with Crippen LogP contribution in [0.2, 0.25) is 0 Å². The van der Waals surface area contributed by atoms with E-state index < -0.39 is 0 Å². The minimum Gasteiger partial charge on any atom is -0.373 e. The highest BCUT2D eigenvalue weighted by molar-refractivity contribution is 5.81. The average Bonchev–Trinajstić information content (AvgIpc) is 2.61. The van der Waals surface area contributed by atoms with Gasteiger partial charge in [-0.25, -0.2) is 0 Å². The van der Waals surface area contributed by atoms with Crippen molar-refractivity contribution in [2.45, 2.75) is 44.8 Å². The predicted octanol–water partition coefficient (Wildman–Crippen LogP) is 0.409. The van der Waals surface area contributed by atoms with Gasteiger partial charge in [0.1, 0.15) is 0 Å². The van der Waals surface area contributed by atoms with Crippen molar-refractivity contribution in [3.05, 3.63) is 0 Å². The van der Waals surface area contributed by atoms with Crippen LogP contribution in [-0.2, 0) is 9.53 Å². The van der Waals surface area contributed by atoms with Gasteiger partial charge >= 0.3 is 0 Å². The highest BCUT2D eigenvalue weighted by Crippen LogP contribution is 2.23. The van der Waals surface area contributed by atoms with E-state index in [1.807, 2.05) is 13.8 Å². The van der Waals surface area contributed by atoms with E-state index in [0.29, 0.717) is 13.0 Å². The van der Waals surface area contributed by atoms with Crippen LogP contribution in [0, 0.1) is 0 Å². The zero-order chi connectivity index (χ0) is 10.6. The highest BCUT2D eigenvalue weighted by atomic mass is 16.5. The van der Waals surface area contributed by atoms with E-state index in [0.717, 1.165) is 19.4 Å². The van der Waals surface area contributed by atoms with Crippen molar-refractivity contribution < 1.29 is 9.53 Å². The Bertz CT molecular complexity index is 200. The van der Waals surface area contributed by atoms with Crippen molar-refractivity contribution in [1.29, 1.82) is 0 Å². The van der Waals surface area contributed by atoms with E-state index in [-0.39, 0.29) is 17.6 Å². The van der Waals surface area contributed by atoms with Gasteiger partial charge in [0.15, 0.2) is 0 Å². The van der Waals surface area contributed by atoms with Gasteiger partial charge in [-0.3, -0.25) is 4.79 Å². The lowest BCUT2D eigenvalue weighted by molar-refractivity contribution is -0.123. The van der Waals surface area contributed by atoms with Crippen LogP contribution in [0.25, 0.3) is 0 Å². The lowest BCUT2D eigenvalue weighted by Gasteiger charge is -2.24. The van der Waals surface area contributed by atoms with Gasteiger partial charge in [0, 0.05) is 13.2 Å². The van der Waals surface area contributed by atoms with E-state index in [1.165, 1.54) is 0 Å². The molecule has 3 N–H and O–H groups in total. The van der Waals surface area contributed by atoms with Crippen LogP contribution in [0.3, 0.4) is 0 Å². The van der Waals surface area contributed by atoms with Gasteiger partial charge in [0.25, 0.3) is 0 Å². The minimum absolute atomic E-state index is 0.0794. The summed E-state index contributed by atoms with van der Waals surface area (Å²) in [5.74, 6) is -0.0794. The molecule has 0 saturated carbocycles. The maximum Gasteiger partial charge on any atom is 0.237 e. The first kappa shape index (κ1) is 11.5. The summed E-state index contributed by atoms with van der Waals surface area (Å²) in [4.78, 5) is 11.4. The standard InChI is InChI=1S/C10H20N2O2/c1-3-8(11)9(13)12-7-10(2)5-4-6-14-10/h8H,3-7,11H2,1-2H3,(H,12,13)/t8-,10?/m1/s1. The highest BCUT2D eigenvalue weighted by Gasteiger charge is 2.30. The lowest BCUT2D eigenvalue weighted by Crippen LogP contribution is -2.46. The molecule has 0 aromatic heterocycles. The molecular weight excluding hydrogens is 180 g/mol. The Morgan fingerprint density at radius 2 is 2.43 bits per heavy atom. The maximum atomic E-state index is 11.4. The van der Waals surface area contributed by atoms with Crippen molar-refractivity contribution in [3.8, 4) is 0 Å². The smallest absolute Gasteiger partial charge is 0.237 e. The Kier molecular flexibility index (Phi) is 3.89. The fourth-order valence-electron chi connectivity index (χ4n) is 1.57. The molecule has 1 unspecified atom stereocenters. The average molecular weight is 200 g/mol. The molecule has 0 bridgehead atoms. The molecule has 4 nitrogen and oxygen atoms in total. The fourth-order valence-corrected chi connectivity index (χ4v) is 1.57. The molecule has 0 aliphatic carbocycles. The third-order valence-corrected chi connectivity index (χ3v) is 2.71. The third-order valence-electron chi connectivity index (χ3n) is 2.71. The number of hydrogen-bond acceptors (Lipinski definition) is 3. The van der Waals surface area contributed by atoms with Gasteiger partial charge in [-0.15, -0.1) is 0 Å². The molecule has 0 aromatic carbocycles. The number of hydrogen-bond donors (Lipinski definition) is 2. The largest absolute Gasteiger partial charge is 0.373 e. The van der Waals surface area contributed by atoms with E-state index in [2.05, 4.69) is 5.32 Å². The fraction of sp³-hybridized carbons (Fsp3) is 0.900. The molecule has 1 aliphatic heterocycles. The summed E-state index contributed by atoms with van der Waals surface area (Å²) >= 11 is 0. The maximum absolute atomic E-state index is 11.4. The van der Waals surface area contributed by atoms with Gasteiger partial charge in [-0.2, -0.15) is 0 Å². The Morgan fingerprint density at radius 3 is 2.93 bits per heavy atom. The predicted molar refractivity (Wildman–Crippen MR) is 54.9 cm³/mol. The summed E-state index contributed by atoms with van der Waals surface area (Å²) < 4.78 is 5.55. The van der Waals surface area contributed by atoms with E-state index in [9.17, 15) is 4.79 Å². The molecule has 82 valence electrons. The second kappa shape index (κ2) is 4.75. The van der Waals surface area contributed by atoms with Crippen molar-refractivity contribution in [2.24, 2.45) is 5.73 Å². The molecule has 1 amide bonds. The van der Waals surface area contributed by atoms with Gasteiger partial charge < -0.3 is 15.8 Å². The minimum atomic E-state index is -0.389.